The summed E-state index contributed by atoms with van der Waals surface area (Å²) in [7, 11) is -4.67. The maximum absolute atomic E-state index is 8.74. The van der Waals surface area contributed by atoms with Gasteiger partial charge in [-0.3, -0.25) is 14.4 Å². The smallest absolute Gasteiger partial charge is 0.344 e. The molecule has 0 heterocycles. The Morgan fingerprint density at radius 3 is 1.54 bits per heavy atom. The van der Waals surface area contributed by atoms with Gasteiger partial charge in [-0.1, -0.05) is 0 Å². The number of rotatable bonds is 2. The molecule has 0 aromatic carbocycles. The predicted molar refractivity (Wildman–Crippen MR) is 43.3 cm³/mol. The topological polar surface area (TPSA) is 169 Å². The van der Waals surface area contributed by atoms with Crippen LogP contribution in [0.2, 0.25) is 0 Å². The summed E-state index contributed by atoms with van der Waals surface area (Å²) in [5, 5.41) is 18.3. The molecule has 0 rings (SSSR count). The molecule has 0 aromatic heterocycles. The molecule has 8 nitrogen and oxygen atoms in total. The summed E-state index contributed by atoms with van der Waals surface area (Å²) in [5.74, 6) is 0. The standard InChI is InChI=1S/C4H5N3.H3N.H2O4S/c5-1-3-7-4-2-6;;1-5(2,3)4/h7H,3-4H2;1H3;(H2,1,2,3,4). The number of hydrogen-bond acceptors (Lipinski definition) is 6. The van der Waals surface area contributed by atoms with Gasteiger partial charge in [-0.05, 0) is 0 Å². The van der Waals surface area contributed by atoms with Gasteiger partial charge in [0.25, 0.3) is 0 Å². The van der Waals surface area contributed by atoms with Crippen molar-refractivity contribution >= 4 is 10.4 Å². The van der Waals surface area contributed by atoms with Crippen molar-refractivity contribution in [1.82, 2.24) is 11.5 Å². The second kappa shape index (κ2) is 10.8. The highest BCUT2D eigenvalue weighted by molar-refractivity contribution is 7.79. The van der Waals surface area contributed by atoms with Crippen LogP contribution < -0.4 is 11.5 Å². The zero-order chi connectivity index (χ0) is 10.0. The summed E-state index contributed by atoms with van der Waals surface area (Å²) < 4.78 is 31.6. The summed E-state index contributed by atoms with van der Waals surface area (Å²) in [6.45, 7) is 0.515. The predicted octanol–water partition coefficient (Wildman–Crippen LogP) is -0.868. The minimum Gasteiger partial charge on any atom is -0.344 e. The van der Waals surface area contributed by atoms with Crippen LogP contribution in [0, 0.1) is 22.7 Å². The lowest BCUT2D eigenvalue weighted by Crippen LogP contribution is -2.12. The largest absolute Gasteiger partial charge is 0.394 e. The monoisotopic (exact) mass is 210 g/mol. The van der Waals surface area contributed by atoms with Crippen LogP contribution in [-0.4, -0.2) is 30.6 Å². The summed E-state index contributed by atoms with van der Waals surface area (Å²) in [5.41, 5.74) is 0. The zero-order valence-electron chi connectivity index (χ0n) is 6.63. The van der Waals surface area contributed by atoms with E-state index in [9.17, 15) is 0 Å². The molecule has 0 aliphatic rings. The molecule has 13 heavy (non-hydrogen) atoms. The second-order valence-electron chi connectivity index (χ2n) is 1.37. The van der Waals surface area contributed by atoms with Crippen LogP contribution in [0.15, 0.2) is 0 Å². The maximum atomic E-state index is 8.74. The first-order valence-electron chi connectivity index (χ1n) is 2.56. The number of nitriles is 2. The Balaban J connectivity index is -0.000000150. The number of hydrogen-bond donors (Lipinski definition) is 4. The summed E-state index contributed by atoms with van der Waals surface area (Å²) >= 11 is 0. The number of nitrogens with one attached hydrogen (secondary N) is 1. The molecule has 0 spiro atoms. The fraction of sp³-hybridized carbons (Fsp3) is 0.500. The van der Waals surface area contributed by atoms with Gasteiger partial charge in [-0.15, -0.1) is 0 Å². The van der Waals surface area contributed by atoms with Crippen LogP contribution in [0.5, 0.6) is 0 Å². The third-order valence-electron chi connectivity index (χ3n) is 0.408. The van der Waals surface area contributed by atoms with Crippen LogP contribution in [0.1, 0.15) is 0 Å². The van der Waals surface area contributed by atoms with Gasteiger partial charge in [0, 0.05) is 0 Å². The summed E-state index contributed by atoms with van der Waals surface area (Å²) in [6, 6.07) is 3.68. The van der Waals surface area contributed by atoms with E-state index in [0.717, 1.165) is 0 Å². The molecular formula is C4H10N4O4S. The van der Waals surface area contributed by atoms with Crippen molar-refractivity contribution in [3.8, 4) is 12.1 Å². The lowest BCUT2D eigenvalue weighted by atomic mass is 10.6. The third-order valence-corrected chi connectivity index (χ3v) is 0.408. The first kappa shape index (κ1) is 17.8. The lowest BCUT2D eigenvalue weighted by Gasteiger charge is -1.82. The molecule has 0 radical (unpaired) electrons. The molecule has 0 bridgehead atoms. The molecule has 0 fully saturated rings. The average Bonchev–Trinajstić information content (AvgIpc) is 1.85. The summed E-state index contributed by atoms with van der Waals surface area (Å²) in [6.07, 6.45) is 0. The zero-order valence-corrected chi connectivity index (χ0v) is 7.45. The van der Waals surface area contributed by atoms with E-state index in [1.54, 1.807) is 0 Å². The Labute approximate surface area is 75.9 Å². The Morgan fingerprint density at radius 2 is 1.38 bits per heavy atom. The third kappa shape index (κ3) is 108. The Bertz CT molecular complexity index is 251. The van der Waals surface area contributed by atoms with E-state index in [1.807, 2.05) is 12.1 Å². The molecule has 0 atom stereocenters. The van der Waals surface area contributed by atoms with Gasteiger partial charge >= 0.3 is 10.4 Å². The van der Waals surface area contributed by atoms with Crippen LogP contribution in [-0.2, 0) is 10.4 Å². The van der Waals surface area contributed by atoms with Crippen LogP contribution >= 0.6 is 0 Å². The fourth-order valence-corrected chi connectivity index (χ4v) is 0.174. The Hall–Kier alpha value is -1.23. The molecule has 0 saturated carbocycles. The SMILES string of the molecule is N.N#CCNCC#N.O=S(=O)(O)O. The summed E-state index contributed by atoms with van der Waals surface area (Å²) in [4.78, 5) is 0. The van der Waals surface area contributed by atoms with Gasteiger partial charge in [-0.25, -0.2) is 0 Å². The van der Waals surface area contributed by atoms with Crippen LogP contribution in [0.3, 0.4) is 0 Å². The Morgan fingerprint density at radius 1 is 1.15 bits per heavy atom. The lowest BCUT2D eigenvalue weighted by molar-refractivity contribution is 0.381. The van der Waals surface area contributed by atoms with E-state index in [0.29, 0.717) is 0 Å². The molecule has 0 aromatic rings. The second-order valence-corrected chi connectivity index (χ2v) is 2.26. The van der Waals surface area contributed by atoms with E-state index < -0.39 is 10.4 Å². The Kier molecular flexibility index (Phi) is 14.7. The molecule has 9 heteroatoms. The molecule has 0 saturated heterocycles. The molecule has 0 aliphatic heterocycles. The normalized spacial score (nSPS) is 8.00. The van der Waals surface area contributed by atoms with Gasteiger partial charge in [0.2, 0.25) is 0 Å². The van der Waals surface area contributed by atoms with Crippen molar-refractivity contribution in [2.75, 3.05) is 13.1 Å². The van der Waals surface area contributed by atoms with Crippen LogP contribution in [0.4, 0.5) is 0 Å². The average molecular weight is 210 g/mol. The molecule has 76 valence electrons. The van der Waals surface area contributed by atoms with Crippen molar-refractivity contribution in [3.63, 3.8) is 0 Å². The minimum atomic E-state index is -4.67. The first-order valence-corrected chi connectivity index (χ1v) is 3.96. The highest BCUT2D eigenvalue weighted by Crippen LogP contribution is 1.59. The van der Waals surface area contributed by atoms with Crippen molar-refractivity contribution in [2.24, 2.45) is 0 Å². The highest BCUT2D eigenvalue weighted by atomic mass is 32.3. The van der Waals surface area contributed by atoms with E-state index in [2.05, 4.69) is 5.32 Å². The molecule has 0 amide bonds. The van der Waals surface area contributed by atoms with E-state index >= 15 is 0 Å². The van der Waals surface area contributed by atoms with Gasteiger partial charge in [0.05, 0.1) is 25.2 Å². The molecule has 0 unspecified atom stereocenters. The molecular weight excluding hydrogens is 200 g/mol. The fourth-order valence-electron chi connectivity index (χ4n) is 0.174. The maximum Gasteiger partial charge on any atom is 0.394 e. The van der Waals surface area contributed by atoms with Gasteiger partial charge in [-0.2, -0.15) is 18.9 Å². The number of nitrogens with zero attached hydrogens (tertiary/aromatic N) is 2. The molecule has 6 N–H and O–H groups in total. The van der Waals surface area contributed by atoms with Crippen molar-refractivity contribution in [3.05, 3.63) is 0 Å². The quantitative estimate of drug-likeness (QED) is 0.259. The van der Waals surface area contributed by atoms with E-state index in [-0.39, 0.29) is 19.2 Å². The van der Waals surface area contributed by atoms with E-state index in [4.69, 9.17) is 28.0 Å². The van der Waals surface area contributed by atoms with Crippen molar-refractivity contribution in [2.45, 2.75) is 0 Å². The first-order chi connectivity index (χ1) is 5.41. The highest BCUT2D eigenvalue weighted by Gasteiger charge is 1.84. The van der Waals surface area contributed by atoms with Crippen molar-refractivity contribution < 1.29 is 17.5 Å². The van der Waals surface area contributed by atoms with Gasteiger partial charge < -0.3 is 6.15 Å². The van der Waals surface area contributed by atoms with Crippen molar-refractivity contribution in [1.29, 1.82) is 10.5 Å². The van der Waals surface area contributed by atoms with Crippen LogP contribution in [0.25, 0.3) is 0 Å². The minimum absolute atomic E-state index is 0. The molecule has 0 aliphatic carbocycles. The van der Waals surface area contributed by atoms with Gasteiger partial charge in [0.15, 0.2) is 0 Å². The van der Waals surface area contributed by atoms with Gasteiger partial charge in [0.1, 0.15) is 0 Å². The van der Waals surface area contributed by atoms with E-state index in [1.165, 1.54) is 0 Å².